The third-order valence-electron chi connectivity index (χ3n) is 7.03. The molecular formula is C25H26F3IN4O4S. The van der Waals surface area contributed by atoms with Gasteiger partial charge < -0.3 is 5.32 Å². The molecule has 0 radical (unpaired) electrons. The van der Waals surface area contributed by atoms with Gasteiger partial charge in [0.15, 0.2) is 0 Å². The first-order valence-corrected chi connectivity index (χ1v) is 14.7. The predicted molar refractivity (Wildman–Crippen MR) is 142 cm³/mol. The number of nitrogens with one attached hydrogen (secondary N) is 1. The molecule has 0 bridgehead atoms. The fourth-order valence-electron chi connectivity index (χ4n) is 4.94. The van der Waals surface area contributed by atoms with E-state index in [1.165, 1.54) is 31.7 Å². The van der Waals surface area contributed by atoms with Crippen LogP contribution in [0.1, 0.15) is 30.9 Å². The van der Waals surface area contributed by atoms with E-state index < -0.39 is 64.6 Å². The molecule has 2 aliphatic heterocycles. The number of carbonyl (C=O) groups is 2. The molecule has 204 valence electrons. The number of carbonyl (C=O) groups excluding carboxylic acids is 2. The van der Waals surface area contributed by atoms with Crippen LogP contribution in [0, 0.1) is 15.3 Å². The molecule has 38 heavy (non-hydrogen) atoms. The number of halogens is 4. The summed E-state index contributed by atoms with van der Waals surface area (Å²) in [7, 11) is -3.66. The maximum absolute atomic E-state index is 14.4. The fraction of sp³-hybridized carbons (Fsp3) is 0.440. The largest absolute Gasteiger partial charge is 0.351 e. The summed E-state index contributed by atoms with van der Waals surface area (Å²) >= 11 is 2.03. The van der Waals surface area contributed by atoms with E-state index in [9.17, 15) is 31.2 Å². The monoisotopic (exact) mass is 662 g/mol. The number of hydrogen-bond donors (Lipinski definition) is 1. The average Bonchev–Trinajstić information content (AvgIpc) is 3.58. The molecular weight excluding hydrogens is 636 g/mol. The van der Waals surface area contributed by atoms with E-state index in [0.29, 0.717) is 22.2 Å². The molecule has 0 aromatic heterocycles. The summed E-state index contributed by atoms with van der Waals surface area (Å²) < 4.78 is 70.0. The summed E-state index contributed by atoms with van der Waals surface area (Å²) in [4.78, 5) is 29.0. The Bertz CT molecular complexity index is 1350. The number of alkyl halides is 2. The van der Waals surface area contributed by atoms with Gasteiger partial charge in [-0.1, -0.05) is 24.3 Å². The minimum atomic E-state index is -3.66. The predicted octanol–water partition coefficient (Wildman–Crippen LogP) is 3.30. The van der Waals surface area contributed by atoms with E-state index in [1.54, 1.807) is 24.3 Å². The molecule has 2 saturated heterocycles. The van der Waals surface area contributed by atoms with Gasteiger partial charge in [-0.05, 0) is 58.8 Å². The van der Waals surface area contributed by atoms with Crippen LogP contribution in [0.15, 0.2) is 48.5 Å². The first-order valence-electron chi connectivity index (χ1n) is 12.2. The maximum Gasteiger partial charge on any atom is 0.282 e. The summed E-state index contributed by atoms with van der Waals surface area (Å²) in [6, 6.07) is 10.0. The second kappa shape index (κ2) is 10.4. The zero-order valence-corrected chi connectivity index (χ0v) is 23.2. The van der Waals surface area contributed by atoms with E-state index >= 15 is 0 Å². The molecule has 1 aliphatic carbocycles. The van der Waals surface area contributed by atoms with Crippen molar-refractivity contribution in [2.45, 2.75) is 37.3 Å². The second-order valence-corrected chi connectivity index (χ2v) is 12.9. The Morgan fingerprint density at radius 3 is 2.39 bits per heavy atom. The highest BCUT2D eigenvalue weighted by atomic mass is 127. The first-order chi connectivity index (χ1) is 18.0. The van der Waals surface area contributed by atoms with Crippen molar-refractivity contribution in [3.8, 4) is 0 Å². The van der Waals surface area contributed by atoms with Crippen molar-refractivity contribution in [1.29, 1.82) is 0 Å². The summed E-state index contributed by atoms with van der Waals surface area (Å²) in [5.74, 6) is -5.48. The van der Waals surface area contributed by atoms with Crippen LogP contribution in [-0.2, 0) is 19.8 Å². The van der Waals surface area contributed by atoms with Gasteiger partial charge in [-0.15, -0.1) is 0 Å². The molecule has 1 saturated carbocycles. The van der Waals surface area contributed by atoms with E-state index in [-0.39, 0.29) is 25.2 Å². The van der Waals surface area contributed by atoms with Gasteiger partial charge in [-0.25, -0.2) is 13.2 Å². The molecule has 5 rings (SSSR count). The SMILES string of the molecule is O=C(NC1CC(F)(F)C1)[C@@H](c1ccccc1I)N(C(=O)[C@H]1CCN(S(=O)(=O)N2CC2)C1)c1cccc(F)c1. The minimum Gasteiger partial charge on any atom is -0.351 e. The molecule has 2 heterocycles. The highest BCUT2D eigenvalue weighted by Crippen LogP contribution is 2.39. The molecule has 2 aromatic carbocycles. The zero-order valence-electron chi connectivity index (χ0n) is 20.2. The lowest BCUT2D eigenvalue weighted by Gasteiger charge is -2.38. The molecule has 2 amide bonds. The number of nitrogens with zero attached hydrogens (tertiary/aromatic N) is 3. The van der Waals surface area contributed by atoms with Crippen LogP contribution in [0.25, 0.3) is 0 Å². The number of amides is 2. The van der Waals surface area contributed by atoms with Crippen LogP contribution in [0.5, 0.6) is 0 Å². The molecule has 3 aliphatic rings. The third-order valence-corrected chi connectivity index (χ3v) is 10.0. The zero-order chi connectivity index (χ0) is 27.2. The van der Waals surface area contributed by atoms with Gasteiger partial charge in [-0.3, -0.25) is 14.5 Å². The Morgan fingerprint density at radius 2 is 1.76 bits per heavy atom. The van der Waals surface area contributed by atoms with Crippen molar-refractivity contribution in [2.24, 2.45) is 5.92 Å². The van der Waals surface area contributed by atoms with Crippen molar-refractivity contribution in [1.82, 2.24) is 13.9 Å². The molecule has 1 N–H and O–H groups in total. The van der Waals surface area contributed by atoms with Crippen molar-refractivity contribution in [2.75, 3.05) is 31.1 Å². The highest BCUT2D eigenvalue weighted by Gasteiger charge is 2.48. The van der Waals surface area contributed by atoms with Crippen LogP contribution in [0.2, 0.25) is 0 Å². The van der Waals surface area contributed by atoms with E-state index in [1.807, 2.05) is 22.6 Å². The molecule has 0 unspecified atom stereocenters. The van der Waals surface area contributed by atoms with Crippen molar-refractivity contribution < 1.29 is 31.2 Å². The van der Waals surface area contributed by atoms with E-state index in [0.717, 1.165) is 6.07 Å². The summed E-state index contributed by atoms with van der Waals surface area (Å²) in [5, 5.41) is 2.64. The number of anilines is 1. The van der Waals surface area contributed by atoms with Crippen molar-refractivity contribution in [3.05, 3.63) is 63.5 Å². The first kappa shape index (κ1) is 27.3. The van der Waals surface area contributed by atoms with Gasteiger partial charge in [0.2, 0.25) is 11.8 Å². The molecule has 2 atom stereocenters. The fourth-order valence-corrected chi connectivity index (χ4v) is 7.19. The standard InChI is InChI=1S/C25H26F3IN4O4S/c26-17-4-3-5-19(12-17)33(24(35)16-8-9-32(15-16)38(36,37)31-10-11-31)22(20-6-1-2-7-21(20)29)23(34)30-18-13-25(27,28)14-18/h1-7,12,16,18,22H,8-11,13-15H2,(H,30,34)/t16-,22+/m0/s1. The minimum absolute atomic E-state index is 0.0709. The van der Waals surface area contributed by atoms with E-state index in [2.05, 4.69) is 5.32 Å². The Kier molecular flexibility index (Phi) is 7.48. The smallest absolute Gasteiger partial charge is 0.282 e. The number of hydrogen-bond acceptors (Lipinski definition) is 4. The summed E-state index contributed by atoms with van der Waals surface area (Å²) in [5.41, 5.74) is 0.557. The molecule has 0 spiro atoms. The average molecular weight is 662 g/mol. The number of benzene rings is 2. The normalized spacial score (nSPS) is 22.5. The van der Waals surface area contributed by atoms with Crippen molar-refractivity contribution >= 4 is 50.3 Å². The third kappa shape index (κ3) is 5.56. The second-order valence-electron chi connectivity index (χ2n) is 9.83. The van der Waals surface area contributed by atoms with Gasteiger partial charge in [0.1, 0.15) is 11.9 Å². The lowest BCUT2D eigenvalue weighted by atomic mass is 9.87. The Morgan fingerprint density at radius 1 is 1.05 bits per heavy atom. The number of rotatable bonds is 8. The Hall–Kier alpha value is -2.23. The Labute approximate surface area is 232 Å². The topological polar surface area (TPSA) is 89.8 Å². The highest BCUT2D eigenvalue weighted by molar-refractivity contribution is 14.1. The molecule has 13 heteroatoms. The van der Waals surface area contributed by atoms with Crippen LogP contribution < -0.4 is 10.2 Å². The van der Waals surface area contributed by atoms with Gasteiger partial charge in [0, 0.05) is 54.3 Å². The van der Waals surface area contributed by atoms with Gasteiger partial charge in [0.05, 0.1) is 5.92 Å². The van der Waals surface area contributed by atoms with Gasteiger partial charge >= 0.3 is 0 Å². The van der Waals surface area contributed by atoms with Gasteiger partial charge in [-0.2, -0.15) is 17.0 Å². The van der Waals surface area contributed by atoms with E-state index in [4.69, 9.17) is 0 Å². The summed E-state index contributed by atoms with van der Waals surface area (Å²) in [6.07, 6.45) is -0.777. The van der Waals surface area contributed by atoms with Crippen LogP contribution in [-0.4, -0.2) is 67.0 Å². The van der Waals surface area contributed by atoms with Crippen LogP contribution >= 0.6 is 22.6 Å². The van der Waals surface area contributed by atoms with Crippen LogP contribution in [0.3, 0.4) is 0 Å². The molecule has 3 fully saturated rings. The lowest BCUT2D eigenvalue weighted by molar-refractivity contribution is -0.133. The lowest BCUT2D eigenvalue weighted by Crippen LogP contribution is -2.54. The Balaban J connectivity index is 1.51. The molecule has 8 nitrogen and oxygen atoms in total. The van der Waals surface area contributed by atoms with Crippen molar-refractivity contribution in [3.63, 3.8) is 0 Å². The summed E-state index contributed by atoms with van der Waals surface area (Å²) in [6.45, 7) is 0.936. The molecule has 2 aromatic rings. The van der Waals surface area contributed by atoms with Crippen LogP contribution in [0.4, 0.5) is 18.9 Å². The van der Waals surface area contributed by atoms with Gasteiger partial charge in [0.25, 0.3) is 16.1 Å². The maximum atomic E-state index is 14.4. The quantitative estimate of drug-likeness (QED) is 0.347.